The number of rotatable bonds is 6. The molecule has 3 N–H and O–H groups in total. The van der Waals surface area contributed by atoms with Crippen LogP contribution in [0.15, 0.2) is 54.6 Å². The largest absolute Gasteiger partial charge is 0.354 e. The average molecular weight is 382 g/mol. The van der Waals surface area contributed by atoms with Crippen molar-refractivity contribution in [3.05, 3.63) is 70.9 Å². The van der Waals surface area contributed by atoms with Crippen LogP contribution in [0, 0.1) is 6.92 Å². The monoisotopic (exact) mass is 381 g/mol. The molecule has 27 heavy (non-hydrogen) atoms. The number of anilines is 4. The van der Waals surface area contributed by atoms with Crippen LogP contribution in [0.2, 0.25) is 5.02 Å². The fourth-order valence-electron chi connectivity index (χ4n) is 2.50. The highest BCUT2D eigenvalue weighted by molar-refractivity contribution is 6.34. The van der Waals surface area contributed by atoms with Gasteiger partial charge >= 0.3 is 0 Å². The number of carbonyl (C=O) groups excluding carboxylic acids is 1. The van der Waals surface area contributed by atoms with Crippen molar-refractivity contribution in [2.24, 2.45) is 0 Å². The van der Waals surface area contributed by atoms with Gasteiger partial charge < -0.3 is 16.0 Å². The molecular weight excluding hydrogens is 362 g/mol. The zero-order chi connectivity index (χ0) is 19.2. The predicted molar refractivity (Wildman–Crippen MR) is 110 cm³/mol. The molecule has 0 aliphatic rings. The van der Waals surface area contributed by atoms with Gasteiger partial charge in [0.2, 0.25) is 5.95 Å². The van der Waals surface area contributed by atoms with Crippen molar-refractivity contribution in [1.82, 2.24) is 9.97 Å². The van der Waals surface area contributed by atoms with Crippen LogP contribution in [-0.2, 0) is 0 Å². The summed E-state index contributed by atoms with van der Waals surface area (Å²) in [5, 5.41) is 9.60. The van der Waals surface area contributed by atoms with E-state index in [2.05, 4.69) is 25.9 Å². The van der Waals surface area contributed by atoms with Gasteiger partial charge in [-0.25, -0.2) is 4.98 Å². The minimum Gasteiger partial charge on any atom is -0.354 e. The Morgan fingerprint density at radius 2 is 1.74 bits per heavy atom. The smallest absolute Gasteiger partial charge is 0.257 e. The number of nitrogens with one attached hydrogen (secondary N) is 3. The molecule has 3 aromatic rings. The average Bonchev–Trinajstić information content (AvgIpc) is 2.63. The fraction of sp³-hybridized carbons (Fsp3) is 0.150. The highest BCUT2D eigenvalue weighted by Gasteiger charge is 2.09. The van der Waals surface area contributed by atoms with Crippen molar-refractivity contribution < 1.29 is 4.79 Å². The number of aryl methyl sites for hydroxylation is 1. The molecule has 0 atom stereocenters. The predicted octanol–water partition coefficient (Wildman–Crippen LogP) is 4.87. The SMILES string of the molecule is CCNc1nc(C)cc(Nc2ccc(NC(=O)c3ccccc3Cl)cc2)n1. The lowest BCUT2D eigenvalue weighted by Crippen LogP contribution is -2.12. The quantitative estimate of drug-likeness (QED) is 0.568. The molecule has 0 aliphatic heterocycles. The molecule has 1 heterocycles. The number of halogens is 1. The van der Waals surface area contributed by atoms with Crippen molar-refractivity contribution >= 4 is 40.6 Å². The highest BCUT2D eigenvalue weighted by atomic mass is 35.5. The van der Waals surface area contributed by atoms with Crippen LogP contribution in [0.3, 0.4) is 0 Å². The zero-order valence-corrected chi connectivity index (χ0v) is 15.8. The number of aromatic nitrogens is 2. The van der Waals surface area contributed by atoms with Gasteiger partial charge in [-0.1, -0.05) is 23.7 Å². The zero-order valence-electron chi connectivity index (χ0n) is 15.1. The number of nitrogens with zero attached hydrogens (tertiary/aromatic N) is 2. The number of hydrogen-bond donors (Lipinski definition) is 3. The summed E-state index contributed by atoms with van der Waals surface area (Å²) in [5.74, 6) is 1.04. The lowest BCUT2D eigenvalue weighted by atomic mass is 10.2. The maximum atomic E-state index is 12.3. The first-order chi connectivity index (χ1) is 13.0. The molecule has 3 rings (SSSR count). The van der Waals surface area contributed by atoms with E-state index in [-0.39, 0.29) is 5.91 Å². The highest BCUT2D eigenvalue weighted by Crippen LogP contribution is 2.21. The molecular formula is C20H20ClN5O. The number of benzene rings is 2. The molecule has 2 aromatic carbocycles. The van der Waals surface area contributed by atoms with Crippen LogP contribution in [0.25, 0.3) is 0 Å². The third-order valence-corrected chi connectivity index (χ3v) is 4.05. The standard InChI is InChI=1S/C20H20ClN5O/c1-3-22-20-23-13(2)12-18(26-20)24-14-8-10-15(11-9-14)25-19(27)16-6-4-5-7-17(16)21/h4-12H,3H2,1-2H3,(H,25,27)(H2,22,23,24,26). The van der Waals surface area contributed by atoms with Gasteiger partial charge in [0.05, 0.1) is 10.6 Å². The van der Waals surface area contributed by atoms with Gasteiger partial charge in [0, 0.05) is 29.7 Å². The molecule has 0 fully saturated rings. The van der Waals surface area contributed by atoms with E-state index >= 15 is 0 Å². The van der Waals surface area contributed by atoms with Crippen LogP contribution >= 0.6 is 11.6 Å². The summed E-state index contributed by atoms with van der Waals surface area (Å²) < 4.78 is 0. The molecule has 0 spiro atoms. The van der Waals surface area contributed by atoms with Gasteiger partial charge in [-0.05, 0) is 50.2 Å². The summed E-state index contributed by atoms with van der Waals surface area (Å²) in [7, 11) is 0. The Morgan fingerprint density at radius 1 is 1.04 bits per heavy atom. The Balaban J connectivity index is 1.69. The van der Waals surface area contributed by atoms with E-state index in [1.807, 2.05) is 44.2 Å². The van der Waals surface area contributed by atoms with Crippen molar-refractivity contribution in [2.45, 2.75) is 13.8 Å². The Hall–Kier alpha value is -3.12. The topological polar surface area (TPSA) is 78.9 Å². The van der Waals surface area contributed by atoms with Gasteiger partial charge in [0.1, 0.15) is 5.82 Å². The fourth-order valence-corrected chi connectivity index (χ4v) is 2.72. The lowest BCUT2D eigenvalue weighted by molar-refractivity contribution is 0.102. The summed E-state index contributed by atoms with van der Waals surface area (Å²) in [6.07, 6.45) is 0. The molecule has 0 saturated carbocycles. The van der Waals surface area contributed by atoms with Gasteiger partial charge in [-0.15, -0.1) is 0 Å². The van der Waals surface area contributed by atoms with Crippen LogP contribution in [0.4, 0.5) is 23.1 Å². The van der Waals surface area contributed by atoms with Crippen molar-refractivity contribution in [1.29, 1.82) is 0 Å². The van der Waals surface area contributed by atoms with Crippen molar-refractivity contribution in [3.63, 3.8) is 0 Å². The van der Waals surface area contributed by atoms with E-state index < -0.39 is 0 Å². The molecule has 0 radical (unpaired) electrons. The van der Waals surface area contributed by atoms with Crippen molar-refractivity contribution in [3.8, 4) is 0 Å². The second-order valence-electron chi connectivity index (χ2n) is 5.88. The Kier molecular flexibility index (Phi) is 5.88. The molecule has 1 amide bonds. The van der Waals surface area contributed by atoms with Gasteiger partial charge in [0.25, 0.3) is 5.91 Å². The second kappa shape index (κ2) is 8.51. The number of amides is 1. The van der Waals surface area contributed by atoms with E-state index in [1.165, 1.54) is 0 Å². The van der Waals surface area contributed by atoms with E-state index in [0.29, 0.717) is 28.0 Å². The Bertz CT molecular complexity index is 943. The third-order valence-electron chi connectivity index (χ3n) is 3.72. The molecule has 0 unspecified atom stereocenters. The van der Waals surface area contributed by atoms with Gasteiger partial charge in [-0.3, -0.25) is 4.79 Å². The Morgan fingerprint density at radius 3 is 2.44 bits per heavy atom. The van der Waals surface area contributed by atoms with E-state index in [9.17, 15) is 4.79 Å². The molecule has 0 saturated heterocycles. The van der Waals surface area contributed by atoms with E-state index in [1.54, 1.807) is 24.3 Å². The van der Waals surface area contributed by atoms with Crippen molar-refractivity contribution in [2.75, 3.05) is 22.5 Å². The number of carbonyl (C=O) groups is 1. The summed E-state index contributed by atoms with van der Waals surface area (Å²) in [5.41, 5.74) is 2.84. The number of hydrogen-bond acceptors (Lipinski definition) is 5. The third kappa shape index (κ3) is 4.95. The summed E-state index contributed by atoms with van der Waals surface area (Å²) in [6.45, 7) is 4.66. The first-order valence-electron chi connectivity index (χ1n) is 8.57. The maximum Gasteiger partial charge on any atom is 0.257 e. The molecule has 0 aliphatic carbocycles. The Labute approximate surface area is 163 Å². The lowest BCUT2D eigenvalue weighted by Gasteiger charge is -2.10. The molecule has 6 nitrogen and oxygen atoms in total. The molecule has 0 bridgehead atoms. The normalized spacial score (nSPS) is 10.3. The second-order valence-corrected chi connectivity index (χ2v) is 6.29. The minimum absolute atomic E-state index is 0.247. The van der Waals surface area contributed by atoms with E-state index in [4.69, 9.17) is 11.6 Å². The summed E-state index contributed by atoms with van der Waals surface area (Å²) >= 11 is 6.06. The summed E-state index contributed by atoms with van der Waals surface area (Å²) in [4.78, 5) is 21.1. The minimum atomic E-state index is -0.247. The molecule has 138 valence electrons. The van der Waals surface area contributed by atoms with Gasteiger partial charge in [0.15, 0.2) is 0 Å². The maximum absolute atomic E-state index is 12.3. The summed E-state index contributed by atoms with van der Waals surface area (Å²) in [6, 6.07) is 16.2. The van der Waals surface area contributed by atoms with Crippen LogP contribution < -0.4 is 16.0 Å². The molecule has 7 heteroatoms. The van der Waals surface area contributed by atoms with Crippen LogP contribution in [0.5, 0.6) is 0 Å². The van der Waals surface area contributed by atoms with Gasteiger partial charge in [-0.2, -0.15) is 4.98 Å². The molecule has 1 aromatic heterocycles. The van der Waals surface area contributed by atoms with E-state index in [0.717, 1.165) is 17.9 Å². The van der Waals surface area contributed by atoms with Crippen LogP contribution in [0.1, 0.15) is 23.0 Å². The first kappa shape index (κ1) is 18.7. The first-order valence-corrected chi connectivity index (χ1v) is 8.95. The van der Waals surface area contributed by atoms with Crippen LogP contribution in [-0.4, -0.2) is 22.4 Å².